The number of ketones is 1. The zero-order valence-electron chi connectivity index (χ0n) is 62.7. The van der Waals surface area contributed by atoms with Gasteiger partial charge in [0.1, 0.15) is 23.7 Å². The van der Waals surface area contributed by atoms with Gasteiger partial charge in [0.2, 0.25) is 0 Å². The Morgan fingerprint density at radius 1 is 0.541 bits per heavy atom. The number of benzene rings is 5. The molecule has 0 amide bonds. The summed E-state index contributed by atoms with van der Waals surface area (Å²) < 4.78 is 26.8. The molecule has 3 atom stereocenters. The number of nitrogens with zero attached hydrogens (tertiary/aromatic N) is 17. The van der Waals surface area contributed by atoms with Crippen LogP contribution in [0.25, 0.3) is 85.0 Å². The van der Waals surface area contributed by atoms with Gasteiger partial charge in [-0.05, 0) is 229 Å². The normalized spacial score (nSPS) is 17.6. The molecule has 0 aliphatic carbocycles. The van der Waals surface area contributed by atoms with Crippen molar-refractivity contribution in [2.45, 2.75) is 91.4 Å². The molecule has 7 aromatic heterocycles. The number of nitriles is 2. The number of Topliss-reactive ketones (excluding diaryl/α,β-unsaturated/α-hetero) is 1. The van der Waals surface area contributed by atoms with Gasteiger partial charge in [0.15, 0.2) is 17.5 Å². The number of rotatable bonds is 15. The average Bonchev–Trinajstić information content (AvgIpc) is 1.62. The van der Waals surface area contributed by atoms with Crippen molar-refractivity contribution in [3.05, 3.63) is 223 Å². The number of imidazole rings is 2. The van der Waals surface area contributed by atoms with E-state index in [2.05, 4.69) is 182 Å². The second-order valence-corrected chi connectivity index (χ2v) is 31.3. The molecule has 19 rings (SSSR count). The van der Waals surface area contributed by atoms with E-state index in [1.165, 1.54) is 70.8 Å². The number of hydrogen-bond acceptors (Lipinski definition) is 14. The van der Waals surface area contributed by atoms with Gasteiger partial charge in [-0.25, -0.2) is 19.3 Å². The van der Waals surface area contributed by atoms with Gasteiger partial charge in [-0.3, -0.25) is 18.5 Å². The number of carbonyl (C=O) groups excluding carboxylic acids is 1. The summed E-state index contributed by atoms with van der Waals surface area (Å²) in [6, 6.07) is 49.0. The third-order valence-corrected chi connectivity index (χ3v) is 23.8. The number of aromatic nitrogens is 11. The Kier molecular flexibility index (Phi) is 19.4. The van der Waals surface area contributed by atoms with E-state index in [0.717, 1.165) is 190 Å². The van der Waals surface area contributed by atoms with Gasteiger partial charge in [-0.2, -0.15) is 10.5 Å². The first-order chi connectivity index (χ1) is 53.2. The monoisotopic (exact) mass is 1450 g/mol. The summed E-state index contributed by atoms with van der Waals surface area (Å²) in [7, 11) is 2.01. The van der Waals surface area contributed by atoms with Crippen molar-refractivity contribution in [2.75, 3.05) is 93.7 Å². The Balaban J connectivity index is 0.000000120. The lowest BCUT2D eigenvalue weighted by Gasteiger charge is -2.32. The standard InChI is InChI=1S/C32H34FN5O.C31H34N6.C25H24N8/c1-22(39)24-9-12-35(13-10-24)18-23-8-14-36(19-23)29-6-7-30-27(16-29)21-37-20-26(25-2-4-28(33)5-3-25)17-31(37)32-34-11-15-38(30)32;1-4-31(2,3)34-18-23-11-13-35(19-23)27-9-10-28-26(15-27)21-36-20-25(24-7-5-22(17-32)6-8-24)16-29(36)30-33-12-14-37(28)30;1-27-11-18-6-7-31(13-18)24-9-21-15-32-14-20(19-4-2-17(10-26)3-5-19)8-22(32)25-30-29-16-33(25)23(21)12-28-24/h2-7,11,15-17,20,23-24H,8-10,12-14,18-19,21H2,1H3;5-10,12,14-16,20,23,34H,4,11,13,18-19,21H2,1-3H3;2-5,8-9,12,14,16,18,27H,6-7,11,13,15H2,1H3/t;23-;/m.0./s1. The van der Waals surface area contributed by atoms with E-state index in [9.17, 15) is 9.18 Å². The topological polar surface area (TPSA) is 196 Å². The van der Waals surface area contributed by atoms with Gasteiger partial charge in [0.25, 0.3) is 0 Å². The van der Waals surface area contributed by atoms with Crippen molar-refractivity contribution in [1.29, 1.82) is 10.5 Å². The van der Waals surface area contributed by atoms with Crippen LogP contribution in [0.15, 0.2) is 189 Å². The summed E-state index contributed by atoms with van der Waals surface area (Å²) in [5.41, 5.74) is 20.9. The van der Waals surface area contributed by atoms with Crippen LogP contribution in [-0.2, 0) is 24.4 Å². The minimum atomic E-state index is -0.224. The lowest BCUT2D eigenvalue weighted by Crippen LogP contribution is -2.41. The second kappa shape index (κ2) is 29.9. The highest BCUT2D eigenvalue weighted by atomic mass is 19.1. The molecule has 7 aliphatic rings. The quantitative estimate of drug-likeness (QED) is 0.0983. The maximum Gasteiger partial charge on any atom is 0.185 e. The van der Waals surface area contributed by atoms with Crippen LogP contribution in [-0.4, -0.2) is 148 Å². The Labute approximate surface area is 636 Å². The molecule has 14 heterocycles. The number of hydrogen-bond donors (Lipinski definition) is 2. The largest absolute Gasteiger partial charge is 0.371 e. The Bertz CT molecular complexity index is 5400. The second-order valence-electron chi connectivity index (χ2n) is 31.3. The Hall–Kier alpha value is -11.5. The number of pyridine rings is 1. The Morgan fingerprint density at radius 3 is 1.55 bits per heavy atom. The molecule has 2 unspecified atom stereocenters. The average molecular weight is 1450 g/mol. The maximum absolute atomic E-state index is 13.5. The van der Waals surface area contributed by atoms with Gasteiger partial charge in [0.05, 0.1) is 63.6 Å². The van der Waals surface area contributed by atoms with Gasteiger partial charge in [0, 0.05) is 160 Å². The number of anilines is 3. The third kappa shape index (κ3) is 14.4. The SMILES string of the molecule is CC(=O)C1CCN(CC2CCN(c3ccc4c(c3)Cn3cc(-c5ccc(F)cc5)cc3-c3nccn3-4)C2)CC1.CCC(C)(C)NC[C@@H]1CCN(c2ccc3c(c2)Cn2cc(-c4ccc(C#N)cc4)cc2-c2nccn2-3)C1.CNCC1CCN(c2cc3c(cn2)-n2cnnc2-c2cc(-c4ccc(C#N)cc4)cn2C3)C1. The molecular formula is C88H92FN19O. The van der Waals surface area contributed by atoms with Crippen LogP contribution in [0, 0.1) is 52.2 Å². The number of nitrogens with one attached hydrogen (secondary N) is 2. The maximum atomic E-state index is 13.5. The van der Waals surface area contributed by atoms with Crippen LogP contribution >= 0.6 is 0 Å². The van der Waals surface area contributed by atoms with E-state index in [-0.39, 0.29) is 17.3 Å². The van der Waals surface area contributed by atoms with Gasteiger partial charge < -0.3 is 43.9 Å². The first-order valence-electron chi connectivity index (χ1n) is 38.7. The lowest BCUT2D eigenvalue weighted by molar-refractivity contribution is -0.122. The van der Waals surface area contributed by atoms with E-state index >= 15 is 0 Å². The number of likely N-dealkylation sites (tertiary alicyclic amines) is 1. The number of fused-ring (bicyclic) bond motifs is 15. The van der Waals surface area contributed by atoms with Gasteiger partial charge in [-0.1, -0.05) is 43.3 Å². The molecule has 0 radical (unpaired) electrons. The predicted molar refractivity (Wildman–Crippen MR) is 427 cm³/mol. The molecule has 5 aromatic carbocycles. The Morgan fingerprint density at radius 2 is 1.03 bits per heavy atom. The summed E-state index contributed by atoms with van der Waals surface area (Å²) >= 11 is 0. The number of halogens is 1. The molecular weight excluding hydrogens is 1360 g/mol. The molecule has 12 aromatic rings. The van der Waals surface area contributed by atoms with E-state index in [0.29, 0.717) is 34.7 Å². The molecule has 4 saturated heterocycles. The summed E-state index contributed by atoms with van der Waals surface area (Å²) in [6.45, 7) is 22.6. The molecule has 552 valence electrons. The first kappa shape index (κ1) is 70.5. The van der Waals surface area contributed by atoms with Crippen molar-refractivity contribution in [2.24, 2.45) is 23.7 Å². The predicted octanol–water partition coefficient (Wildman–Crippen LogP) is 14.6. The van der Waals surface area contributed by atoms with Crippen molar-refractivity contribution in [3.63, 3.8) is 0 Å². The van der Waals surface area contributed by atoms with Crippen LogP contribution in [0.5, 0.6) is 0 Å². The fourth-order valence-corrected chi connectivity index (χ4v) is 17.2. The van der Waals surface area contributed by atoms with E-state index in [1.807, 2.05) is 97.1 Å². The summed E-state index contributed by atoms with van der Waals surface area (Å²) in [6.07, 6.45) is 24.9. The minimum absolute atomic E-state index is 0.199. The molecule has 20 nitrogen and oxygen atoms in total. The minimum Gasteiger partial charge on any atom is -0.371 e. The van der Waals surface area contributed by atoms with Crippen molar-refractivity contribution in [3.8, 4) is 97.1 Å². The summed E-state index contributed by atoms with van der Waals surface area (Å²) in [4.78, 5) is 36.0. The number of carbonyl (C=O) groups is 1. The van der Waals surface area contributed by atoms with Crippen molar-refractivity contribution >= 4 is 23.0 Å². The highest BCUT2D eigenvalue weighted by Crippen LogP contribution is 2.41. The molecule has 0 saturated carbocycles. The zero-order chi connectivity index (χ0) is 74.4. The summed E-state index contributed by atoms with van der Waals surface area (Å²) in [5, 5.41) is 33.9. The zero-order valence-corrected chi connectivity index (χ0v) is 62.7. The number of piperidine rings is 1. The van der Waals surface area contributed by atoms with E-state index in [1.54, 1.807) is 13.3 Å². The van der Waals surface area contributed by atoms with Crippen LogP contribution in [0.1, 0.15) is 94.0 Å². The van der Waals surface area contributed by atoms with Crippen LogP contribution in [0.2, 0.25) is 0 Å². The lowest BCUT2D eigenvalue weighted by atomic mass is 9.93. The molecule has 4 fully saturated rings. The van der Waals surface area contributed by atoms with Crippen LogP contribution in [0.3, 0.4) is 0 Å². The van der Waals surface area contributed by atoms with Crippen LogP contribution in [0.4, 0.5) is 21.6 Å². The fraction of sp³-hybridized carbons (Fsp3) is 0.341. The van der Waals surface area contributed by atoms with E-state index in [4.69, 9.17) is 25.5 Å². The summed E-state index contributed by atoms with van der Waals surface area (Å²) in [5.74, 6) is 6.11. The smallest absolute Gasteiger partial charge is 0.185 e. The molecule has 21 heteroatoms. The molecule has 109 heavy (non-hydrogen) atoms. The first-order valence-corrected chi connectivity index (χ1v) is 38.7. The van der Waals surface area contributed by atoms with Crippen LogP contribution < -0.4 is 25.3 Å². The molecule has 2 N–H and O–H groups in total. The van der Waals surface area contributed by atoms with Crippen molar-refractivity contribution in [1.82, 2.24) is 68.1 Å². The fourth-order valence-electron chi connectivity index (χ4n) is 17.2. The van der Waals surface area contributed by atoms with Gasteiger partial charge >= 0.3 is 0 Å². The molecule has 0 spiro atoms. The van der Waals surface area contributed by atoms with Gasteiger partial charge in [-0.15, -0.1) is 10.2 Å². The highest BCUT2D eigenvalue weighted by Gasteiger charge is 2.33. The molecule has 0 bridgehead atoms. The third-order valence-electron chi connectivity index (χ3n) is 23.8. The molecule has 7 aliphatic heterocycles. The van der Waals surface area contributed by atoms with E-state index < -0.39 is 0 Å². The van der Waals surface area contributed by atoms with Crippen molar-refractivity contribution < 1.29 is 9.18 Å². The highest BCUT2D eigenvalue weighted by molar-refractivity contribution is 5.79.